The van der Waals surface area contributed by atoms with Crippen molar-refractivity contribution in [3.05, 3.63) is 71.5 Å². The average Bonchev–Trinajstić information content (AvgIpc) is 3.16. The Morgan fingerprint density at radius 3 is 2.59 bits per heavy atom. The molecule has 0 radical (unpaired) electrons. The Balaban J connectivity index is 1.44. The number of aryl methyl sites for hydroxylation is 2. The van der Waals surface area contributed by atoms with Crippen molar-refractivity contribution in [3.63, 3.8) is 0 Å². The third-order valence-corrected chi connectivity index (χ3v) is 6.70. The van der Waals surface area contributed by atoms with Gasteiger partial charge < -0.3 is 9.63 Å². The lowest BCUT2D eigenvalue weighted by Crippen LogP contribution is -2.22. The molecule has 2 unspecified atom stereocenters. The molecule has 0 saturated carbocycles. The molecule has 3 aromatic rings. The second-order valence-electron chi connectivity index (χ2n) is 7.36. The van der Waals surface area contributed by atoms with Crippen molar-refractivity contribution in [3.8, 4) is 11.3 Å². The van der Waals surface area contributed by atoms with Crippen LogP contribution in [0.3, 0.4) is 0 Å². The Labute approximate surface area is 170 Å². The first-order valence-corrected chi connectivity index (χ1v) is 11.0. The van der Waals surface area contributed by atoms with Crippen molar-refractivity contribution in [2.75, 3.05) is 6.61 Å². The number of aromatic nitrogens is 1. The van der Waals surface area contributed by atoms with E-state index in [-0.39, 0.29) is 17.4 Å². The summed E-state index contributed by atoms with van der Waals surface area (Å²) in [6.45, 7) is 1.91. The monoisotopic (exact) mass is 413 g/mol. The molecule has 6 nitrogen and oxygen atoms in total. The van der Waals surface area contributed by atoms with Crippen LogP contribution >= 0.6 is 0 Å². The van der Waals surface area contributed by atoms with E-state index in [0.29, 0.717) is 36.3 Å². The quantitative estimate of drug-likeness (QED) is 0.614. The van der Waals surface area contributed by atoms with E-state index in [2.05, 4.69) is 5.16 Å². The van der Waals surface area contributed by atoms with E-state index in [1.165, 1.54) is 12.1 Å². The molecular formula is C22H23NO5S. The zero-order chi connectivity index (χ0) is 20.4. The number of hydrogen-bond donors (Lipinski definition) is 1. The molecule has 1 N–H and O–H groups in total. The van der Waals surface area contributed by atoms with Crippen LogP contribution in [0.5, 0.6) is 0 Å². The summed E-state index contributed by atoms with van der Waals surface area (Å²) >= 11 is 0. The molecule has 1 aliphatic carbocycles. The maximum absolute atomic E-state index is 12.4. The van der Waals surface area contributed by atoms with Gasteiger partial charge in [-0.25, -0.2) is 0 Å². The normalized spacial score (nSPS) is 19.1. The number of rotatable bonds is 6. The van der Waals surface area contributed by atoms with Crippen LogP contribution in [0, 0.1) is 12.8 Å². The molecule has 2 aromatic carbocycles. The first kappa shape index (κ1) is 19.8. The zero-order valence-corrected chi connectivity index (χ0v) is 16.9. The molecule has 152 valence electrons. The van der Waals surface area contributed by atoms with Gasteiger partial charge in [0.1, 0.15) is 11.5 Å². The van der Waals surface area contributed by atoms with Crippen LogP contribution < -0.4 is 0 Å². The van der Waals surface area contributed by atoms with Gasteiger partial charge in [0, 0.05) is 12.0 Å². The van der Waals surface area contributed by atoms with Gasteiger partial charge >= 0.3 is 0 Å². The molecule has 1 aliphatic rings. The molecule has 0 fully saturated rings. The maximum Gasteiger partial charge on any atom is 0.296 e. The van der Waals surface area contributed by atoms with Gasteiger partial charge in [-0.05, 0) is 37.8 Å². The lowest BCUT2D eigenvalue weighted by Gasteiger charge is -2.27. The third kappa shape index (κ3) is 4.12. The van der Waals surface area contributed by atoms with Gasteiger partial charge in [-0.1, -0.05) is 53.2 Å². The average molecular weight is 413 g/mol. The predicted octanol–water partition coefficient (Wildman–Crippen LogP) is 4.04. The lowest BCUT2D eigenvalue weighted by molar-refractivity contribution is 0.0758. The van der Waals surface area contributed by atoms with E-state index < -0.39 is 16.2 Å². The minimum absolute atomic E-state index is 0.0131. The van der Waals surface area contributed by atoms with E-state index in [0.717, 1.165) is 11.1 Å². The highest BCUT2D eigenvalue weighted by molar-refractivity contribution is 7.86. The summed E-state index contributed by atoms with van der Waals surface area (Å²) < 4.78 is 35.4. The molecule has 29 heavy (non-hydrogen) atoms. The Kier molecular flexibility index (Phi) is 5.54. The fraction of sp³-hybridized carbons (Fsp3) is 0.318. The maximum atomic E-state index is 12.4. The molecule has 0 spiro atoms. The number of benzene rings is 2. The van der Waals surface area contributed by atoms with E-state index in [1.807, 2.05) is 37.3 Å². The molecule has 0 saturated heterocycles. The van der Waals surface area contributed by atoms with Gasteiger partial charge in [-0.15, -0.1) is 0 Å². The summed E-state index contributed by atoms with van der Waals surface area (Å²) in [5.74, 6) is 0.568. The van der Waals surface area contributed by atoms with Crippen molar-refractivity contribution >= 4 is 10.1 Å². The number of aliphatic hydroxyl groups is 1. The second kappa shape index (κ2) is 8.10. The molecule has 2 atom stereocenters. The molecular weight excluding hydrogens is 390 g/mol. The SMILES string of the molecule is Cc1ccc(S(=O)(=O)OCCC2CCc3onc(-c4ccccc4)c3C2O)cc1. The number of hydrogen-bond acceptors (Lipinski definition) is 6. The fourth-order valence-corrected chi connectivity index (χ4v) is 4.64. The molecule has 4 rings (SSSR count). The molecule has 1 heterocycles. The summed E-state index contributed by atoms with van der Waals surface area (Å²) in [5, 5.41) is 15.1. The summed E-state index contributed by atoms with van der Waals surface area (Å²) in [6, 6.07) is 16.1. The van der Waals surface area contributed by atoms with Crippen LogP contribution in [0.4, 0.5) is 0 Å². The lowest BCUT2D eigenvalue weighted by atomic mass is 9.81. The minimum Gasteiger partial charge on any atom is -0.388 e. The first-order chi connectivity index (χ1) is 14.0. The Hall–Kier alpha value is -2.48. The number of aliphatic hydroxyl groups excluding tert-OH is 1. The highest BCUT2D eigenvalue weighted by Gasteiger charge is 2.34. The smallest absolute Gasteiger partial charge is 0.296 e. The molecule has 0 bridgehead atoms. The van der Waals surface area contributed by atoms with Gasteiger partial charge in [-0.3, -0.25) is 4.18 Å². The van der Waals surface area contributed by atoms with Crippen molar-refractivity contribution in [2.24, 2.45) is 5.92 Å². The highest BCUT2D eigenvalue weighted by atomic mass is 32.2. The number of nitrogens with zero attached hydrogens (tertiary/aromatic N) is 1. The standard InChI is InChI=1S/C22H23NO5S/c1-15-7-10-18(11-8-15)29(25,26)27-14-13-17-9-12-19-20(22(17)24)21(23-28-19)16-5-3-2-4-6-16/h2-8,10-11,17,22,24H,9,12-14H2,1H3. The Bertz CT molecular complexity index is 1070. The summed E-state index contributed by atoms with van der Waals surface area (Å²) in [4.78, 5) is 0.139. The van der Waals surface area contributed by atoms with Crippen LogP contribution in [-0.4, -0.2) is 25.3 Å². The van der Waals surface area contributed by atoms with Crippen molar-refractivity contribution in [1.29, 1.82) is 0 Å². The van der Waals surface area contributed by atoms with Gasteiger partial charge in [0.15, 0.2) is 0 Å². The minimum atomic E-state index is -3.81. The largest absolute Gasteiger partial charge is 0.388 e. The van der Waals surface area contributed by atoms with Crippen molar-refractivity contribution in [2.45, 2.75) is 37.2 Å². The summed E-state index contributed by atoms with van der Waals surface area (Å²) in [7, 11) is -3.81. The fourth-order valence-electron chi connectivity index (χ4n) is 3.72. The van der Waals surface area contributed by atoms with Gasteiger partial charge in [-0.2, -0.15) is 8.42 Å². The first-order valence-electron chi connectivity index (χ1n) is 9.64. The van der Waals surface area contributed by atoms with E-state index in [4.69, 9.17) is 8.71 Å². The van der Waals surface area contributed by atoms with Crippen LogP contribution in [0.15, 0.2) is 64.0 Å². The topological polar surface area (TPSA) is 89.6 Å². The van der Waals surface area contributed by atoms with Crippen LogP contribution in [0.25, 0.3) is 11.3 Å². The molecule has 1 aromatic heterocycles. The zero-order valence-electron chi connectivity index (χ0n) is 16.1. The third-order valence-electron chi connectivity index (χ3n) is 5.37. The highest BCUT2D eigenvalue weighted by Crippen LogP contribution is 2.41. The number of fused-ring (bicyclic) bond motifs is 1. The predicted molar refractivity (Wildman–Crippen MR) is 108 cm³/mol. The Morgan fingerprint density at radius 2 is 1.86 bits per heavy atom. The summed E-state index contributed by atoms with van der Waals surface area (Å²) in [6.07, 6.45) is 0.990. The van der Waals surface area contributed by atoms with Crippen LogP contribution in [-0.2, 0) is 20.7 Å². The van der Waals surface area contributed by atoms with Gasteiger partial charge in [0.2, 0.25) is 0 Å². The molecule has 7 heteroatoms. The van der Waals surface area contributed by atoms with Gasteiger partial charge in [0.25, 0.3) is 10.1 Å². The van der Waals surface area contributed by atoms with E-state index >= 15 is 0 Å². The van der Waals surface area contributed by atoms with Gasteiger partial charge in [0.05, 0.1) is 23.2 Å². The molecule has 0 amide bonds. The van der Waals surface area contributed by atoms with Crippen molar-refractivity contribution in [1.82, 2.24) is 5.16 Å². The van der Waals surface area contributed by atoms with E-state index in [1.54, 1.807) is 12.1 Å². The Morgan fingerprint density at radius 1 is 1.14 bits per heavy atom. The summed E-state index contributed by atoms with van der Waals surface area (Å²) in [5.41, 5.74) is 3.21. The van der Waals surface area contributed by atoms with Crippen LogP contribution in [0.1, 0.15) is 35.8 Å². The van der Waals surface area contributed by atoms with Crippen LogP contribution in [0.2, 0.25) is 0 Å². The molecule has 0 aliphatic heterocycles. The van der Waals surface area contributed by atoms with Crippen molar-refractivity contribution < 1.29 is 22.2 Å². The van der Waals surface area contributed by atoms with E-state index in [9.17, 15) is 13.5 Å². The second-order valence-corrected chi connectivity index (χ2v) is 8.97.